The smallest absolute Gasteiger partial charge is 0.268 e. The monoisotopic (exact) mass is 348 g/mol. The van der Waals surface area contributed by atoms with E-state index in [-0.39, 0.29) is 34.2 Å². The summed E-state index contributed by atoms with van der Waals surface area (Å²) in [5.74, 6) is -1.06. The Hall–Kier alpha value is -2.60. The predicted molar refractivity (Wildman–Crippen MR) is 88.9 cm³/mol. The third-order valence-electron chi connectivity index (χ3n) is 3.62. The summed E-state index contributed by atoms with van der Waals surface area (Å²) in [5.41, 5.74) is 1.56. The molecule has 5 nitrogen and oxygen atoms in total. The number of aromatic hydroxyl groups is 1. The zero-order valence-corrected chi connectivity index (χ0v) is 13.5. The van der Waals surface area contributed by atoms with Gasteiger partial charge in [0.25, 0.3) is 5.91 Å². The van der Waals surface area contributed by atoms with Gasteiger partial charge in [0.05, 0.1) is 22.0 Å². The van der Waals surface area contributed by atoms with Crippen LogP contribution in [0.1, 0.15) is 17.5 Å². The molecule has 0 saturated carbocycles. The van der Waals surface area contributed by atoms with Crippen LogP contribution in [0.4, 0.5) is 10.1 Å². The molecule has 2 aromatic carbocycles. The first kappa shape index (κ1) is 16.3. The van der Waals surface area contributed by atoms with Gasteiger partial charge in [-0.15, -0.1) is 0 Å². The maximum atomic E-state index is 13.9. The van der Waals surface area contributed by atoms with Crippen LogP contribution in [-0.4, -0.2) is 22.8 Å². The van der Waals surface area contributed by atoms with Crippen LogP contribution in [-0.2, 0) is 9.63 Å². The number of benzene rings is 2. The molecule has 3 rings (SSSR count). The van der Waals surface area contributed by atoms with Gasteiger partial charge in [-0.3, -0.25) is 4.79 Å². The zero-order valence-electron chi connectivity index (χ0n) is 12.7. The first-order valence-electron chi connectivity index (χ1n) is 7.23. The molecular formula is C17H14ClFN2O3. The number of nitrogens with one attached hydrogen (secondary N) is 1. The lowest BCUT2D eigenvalue weighted by atomic mass is 10.0. The number of anilines is 1. The van der Waals surface area contributed by atoms with E-state index in [9.17, 15) is 14.3 Å². The minimum Gasteiger partial charge on any atom is -0.506 e. The molecule has 24 heavy (non-hydrogen) atoms. The molecule has 2 aromatic rings. The first-order chi connectivity index (χ1) is 11.5. The van der Waals surface area contributed by atoms with E-state index < -0.39 is 17.8 Å². The van der Waals surface area contributed by atoms with Gasteiger partial charge in [-0.1, -0.05) is 28.9 Å². The van der Waals surface area contributed by atoms with Gasteiger partial charge in [0.1, 0.15) is 11.6 Å². The van der Waals surface area contributed by atoms with Crippen molar-refractivity contribution in [1.82, 2.24) is 0 Å². The van der Waals surface area contributed by atoms with Gasteiger partial charge in [-0.25, -0.2) is 4.39 Å². The lowest BCUT2D eigenvalue weighted by Crippen LogP contribution is -2.28. The number of hydrogen-bond acceptors (Lipinski definition) is 4. The Kier molecular flexibility index (Phi) is 4.40. The van der Waals surface area contributed by atoms with Crippen LogP contribution in [0, 0.1) is 12.7 Å². The minimum absolute atomic E-state index is 0.0507. The van der Waals surface area contributed by atoms with Gasteiger partial charge >= 0.3 is 0 Å². The normalized spacial score (nSPS) is 16.5. The molecule has 1 aliphatic rings. The number of carbonyl (C=O) groups is 1. The van der Waals surface area contributed by atoms with E-state index in [1.165, 1.54) is 18.2 Å². The van der Waals surface area contributed by atoms with Crippen molar-refractivity contribution in [3.63, 3.8) is 0 Å². The topological polar surface area (TPSA) is 70.9 Å². The van der Waals surface area contributed by atoms with Crippen molar-refractivity contribution in [3.8, 4) is 5.75 Å². The van der Waals surface area contributed by atoms with Crippen molar-refractivity contribution in [3.05, 3.63) is 58.4 Å². The van der Waals surface area contributed by atoms with Crippen molar-refractivity contribution in [2.75, 3.05) is 5.32 Å². The summed E-state index contributed by atoms with van der Waals surface area (Å²) in [6.45, 7) is 1.84. The number of oxime groups is 1. The summed E-state index contributed by atoms with van der Waals surface area (Å²) in [5, 5.41) is 16.3. The Morgan fingerprint density at radius 3 is 2.96 bits per heavy atom. The Morgan fingerprint density at radius 2 is 2.21 bits per heavy atom. The van der Waals surface area contributed by atoms with Crippen LogP contribution >= 0.6 is 11.6 Å². The van der Waals surface area contributed by atoms with E-state index >= 15 is 0 Å². The van der Waals surface area contributed by atoms with E-state index in [0.29, 0.717) is 0 Å². The predicted octanol–water partition coefficient (Wildman–Crippen LogP) is 3.62. The Labute approximate surface area is 142 Å². The van der Waals surface area contributed by atoms with Crippen LogP contribution < -0.4 is 5.32 Å². The molecule has 1 amide bonds. The maximum Gasteiger partial charge on any atom is 0.268 e. The molecule has 7 heteroatoms. The first-order valence-corrected chi connectivity index (χ1v) is 7.61. The highest BCUT2D eigenvalue weighted by atomic mass is 35.5. The van der Waals surface area contributed by atoms with Crippen LogP contribution in [0.15, 0.2) is 41.6 Å². The van der Waals surface area contributed by atoms with Crippen molar-refractivity contribution in [2.24, 2.45) is 5.16 Å². The third kappa shape index (κ3) is 3.19. The largest absolute Gasteiger partial charge is 0.506 e. The fraction of sp³-hybridized carbons (Fsp3) is 0.176. The SMILES string of the molecule is Cc1ccc(O)c(NC(=O)[C@@H]2CC(c3c(F)cccc3Cl)=NO2)c1. The van der Waals surface area contributed by atoms with E-state index in [4.69, 9.17) is 16.4 Å². The fourth-order valence-corrected chi connectivity index (χ4v) is 2.67. The van der Waals surface area contributed by atoms with Gasteiger partial charge in [0.15, 0.2) is 0 Å². The minimum atomic E-state index is -0.921. The molecule has 0 fully saturated rings. The number of aryl methyl sites for hydroxylation is 1. The summed E-state index contributed by atoms with van der Waals surface area (Å²) in [6.07, 6.45) is -0.838. The average Bonchev–Trinajstić information content (AvgIpc) is 3.00. The molecule has 0 bridgehead atoms. The molecule has 2 N–H and O–H groups in total. The average molecular weight is 349 g/mol. The zero-order chi connectivity index (χ0) is 17.3. The molecule has 0 aliphatic carbocycles. The van der Waals surface area contributed by atoms with E-state index in [1.807, 2.05) is 6.92 Å². The van der Waals surface area contributed by atoms with Crippen molar-refractivity contribution >= 4 is 28.9 Å². The van der Waals surface area contributed by atoms with E-state index in [1.54, 1.807) is 18.2 Å². The van der Waals surface area contributed by atoms with Crippen molar-refractivity contribution in [2.45, 2.75) is 19.4 Å². The number of carbonyl (C=O) groups excluding carboxylic acids is 1. The molecular weight excluding hydrogens is 335 g/mol. The molecule has 1 atom stereocenters. The van der Waals surface area contributed by atoms with Crippen molar-refractivity contribution in [1.29, 1.82) is 0 Å². The number of hydrogen-bond donors (Lipinski definition) is 2. The Bertz CT molecular complexity index is 818. The molecule has 124 valence electrons. The molecule has 0 radical (unpaired) electrons. The van der Waals surface area contributed by atoms with Crippen molar-refractivity contribution < 1.29 is 19.1 Å². The Morgan fingerprint density at radius 1 is 1.42 bits per heavy atom. The molecule has 0 spiro atoms. The number of halogens is 2. The van der Waals surface area contributed by atoms with Crippen LogP contribution in [0.5, 0.6) is 5.75 Å². The van der Waals surface area contributed by atoms with Gasteiger partial charge in [-0.2, -0.15) is 0 Å². The third-order valence-corrected chi connectivity index (χ3v) is 3.94. The molecule has 1 aliphatic heterocycles. The van der Waals surface area contributed by atoms with E-state index in [0.717, 1.165) is 5.56 Å². The van der Waals surface area contributed by atoms with Gasteiger partial charge in [-0.05, 0) is 36.8 Å². The quantitative estimate of drug-likeness (QED) is 0.832. The molecule has 0 unspecified atom stereocenters. The summed E-state index contributed by atoms with van der Waals surface area (Å²) in [4.78, 5) is 17.4. The number of rotatable bonds is 3. The second kappa shape index (κ2) is 6.49. The molecule has 1 heterocycles. The number of phenols is 1. The van der Waals surface area contributed by atoms with Gasteiger partial charge < -0.3 is 15.3 Å². The standard InChI is InChI=1S/C17H14ClFN2O3/c1-9-5-6-14(22)12(7-9)20-17(23)15-8-13(21-24-15)16-10(18)3-2-4-11(16)19/h2-7,15,22H,8H2,1H3,(H,20,23)/t15-/m0/s1. The fourth-order valence-electron chi connectivity index (χ4n) is 2.40. The molecule has 0 aromatic heterocycles. The number of nitrogens with zero attached hydrogens (tertiary/aromatic N) is 1. The van der Waals surface area contributed by atoms with Crippen LogP contribution in [0.25, 0.3) is 0 Å². The van der Waals surface area contributed by atoms with Gasteiger partial charge in [0.2, 0.25) is 6.10 Å². The Balaban J connectivity index is 1.73. The second-order valence-electron chi connectivity index (χ2n) is 5.44. The van der Waals surface area contributed by atoms with Crippen LogP contribution in [0.2, 0.25) is 5.02 Å². The lowest BCUT2D eigenvalue weighted by molar-refractivity contribution is -0.125. The highest BCUT2D eigenvalue weighted by molar-refractivity contribution is 6.34. The number of amides is 1. The second-order valence-corrected chi connectivity index (χ2v) is 5.85. The maximum absolute atomic E-state index is 13.9. The summed E-state index contributed by atoms with van der Waals surface area (Å²) in [7, 11) is 0. The number of phenolic OH excluding ortho intramolecular Hbond substituents is 1. The summed E-state index contributed by atoms with van der Waals surface area (Å²) < 4.78 is 13.9. The van der Waals surface area contributed by atoms with Crippen LogP contribution in [0.3, 0.4) is 0 Å². The van der Waals surface area contributed by atoms with E-state index in [2.05, 4.69) is 10.5 Å². The summed E-state index contributed by atoms with van der Waals surface area (Å²) in [6, 6.07) is 9.14. The lowest BCUT2D eigenvalue weighted by Gasteiger charge is -2.11. The summed E-state index contributed by atoms with van der Waals surface area (Å²) >= 11 is 5.99. The molecule has 0 saturated heterocycles. The highest BCUT2D eigenvalue weighted by Crippen LogP contribution is 2.28. The highest BCUT2D eigenvalue weighted by Gasteiger charge is 2.31. The van der Waals surface area contributed by atoms with Gasteiger partial charge in [0, 0.05) is 6.42 Å².